The Balaban J connectivity index is 1.44. The molecule has 2 atom stereocenters. The number of hydrogen-bond donors (Lipinski definition) is 1. The van der Waals surface area contributed by atoms with Gasteiger partial charge in [0, 0.05) is 53.5 Å². The second kappa shape index (κ2) is 7.19. The van der Waals surface area contributed by atoms with Gasteiger partial charge in [-0.25, -0.2) is 0 Å². The molecule has 0 unspecified atom stereocenters. The zero-order valence-electron chi connectivity index (χ0n) is 15.4. The van der Waals surface area contributed by atoms with Crippen LogP contribution in [-0.2, 0) is 6.54 Å². The molecule has 1 saturated heterocycles. The third kappa shape index (κ3) is 3.44. The van der Waals surface area contributed by atoms with Gasteiger partial charge in [-0.1, -0.05) is 36.4 Å². The van der Waals surface area contributed by atoms with E-state index < -0.39 is 0 Å². The van der Waals surface area contributed by atoms with E-state index in [9.17, 15) is 0 Å². The highest BCUT2D eigenvalue weighted by Gasteiger charge is 2.20. The predicted molar refractivity (Wildman–Crippen MR) is 107 cm³/mol. The monoisotopic (exact) mass is 335 g/mol. The maximum atomic E-state index is 3.62. The Bertz CT molecular complexity index is 787. The van der Waals surface area contributed by atoms with Crippen molar-refractivity contribution in [2.24, 2.45) is 0 Å². The van der Waals surface area contributed by atoms with E-state index in [4.69, 9.17) is 0 Å². The van der Waals surface area contributed by atoms with E-state index in [1.165, 1.54) is 54.3 Å². The number of aryl methyl sites for hydroxylation is 1. The van der Waals surface area contributed by atoms with Gasteiger partial charge in [0.25, 0.3) is 0 Å². The Morgan fingerprint density at radius 3 is 1.92 bits per heavy atom. The van der Waals surface area contributed by atoms with Crippen LogP contribution in [0.15, 0.2) is 48.5 Å². The molecule has 1 aliphatic rings. The van der Waals surface area contributed by atoms with Crippen LogP contribution in [0.4, 0.5) is 0 Å². The van der Waals surface area contributed by atoms with Gasteiger partial charge in [0.2, 0.25) is 0 Å². The number of fused-ring (bicyclic) bond motifs is 3. The molecular weight excluding hydrogens is 306 g/mol. The van der Waals surface area contributed by atoms with E-state index in [0.29, 0.717) is 12.1 Å². The predicted octanol–water partition coefficient (Wildman–Crippen LogP) is 4.26. The minimum absolute atomic E-state index is 0.612. The van der Waals surface area contributed by atoms with Gasteiger partial charge < -0.3 is 14.8 Å². The van der Waals surface area contributed by atoms with E-state index in [-0.39, 0.29) is 0 Å². The average molecular weight is 335 g/mol. The number of hydrogen-bond acceptors (Lipinski definition) is 2. The number of nitrogens with zero attached hydrogens (tertiary/aromatic N) is 2. The lowest BCUT2D eigenvalue weighted by Gasteiger charge is -2.36. The minimum Gasteiger partial charge on any atom is -0.340 e. The lowest BCUT2D eigenvalue weighted by molar-refractivity contribution is 0.170. The van der Waals surface area contributed by atoms with Crippen molar-refractivity contribution in [3.05, 3.63) is 48.5 Å². The highest BCUT2D eigenvalue weighted by Crippen LogP contribution is 2.28. The Morgan fingerprint density at radius 1 is 0.800 bits per heavy atom. The number of benzene rings is 2. The van der Waals surface area contributed by atoms with Crippen molar-refractivity contribution in [3.8, 4) is 0 Å². The van der Waals surface area contributed by atoms with Crippen LogP contribution in [0.5, 0.6) is 0 Å². The van der Waals surface area contributed by atoms with Gasteiger partial charge in [-0.05, 0) is 45.4 Å². The second-order valence-corrected chi connectivity index (χ2v) is 7.62. The first kappa shape index (κ1) is 16.6. The largest absolute Gasteiger partial charge is 0.340 e. The van der Waals surface area contributed by atoms with Crippen molar-refractivity contribution in [2.45, 2.75) is 45.3 Å². The molecule has 0 saturated carbocycles. The third-order valence-electron chi connectivity index (χ3n) is 5.42. The molecule has 1 aliphatic heterocycles. The number of para-hydroxylation sites is 2. The summed E-state index contributed by atoms with van der Waals surface area (Å²) in [7, 11) is 0. The summed E-state index contributed by atoms with van der Waals surface area (Å²) >= 11 is 0. The number of rotatable bonds is 5. The Labute approximate surface area is 150 Å². The molecule has 2 heterocycles. The van der Waals surface area contributed by atoms with Crippen molar-refractivity contribution in [2.75, 3.05) is 19.6 Å². The highest BCUT2D eigenvalue weighted by atomic mass is 15.2. The summed E-state index contributed by atoms with van der Waals surface area (Å²) in [6.45, 7) is 9.26. The molecule has 0 radical (unpaired) electrons. The number of unbranched alkanes of at least 4 members (excludes halogenated alkanes) is 1. The molecule has 3 nitrogen and oxygen atoms in total. The summed E-state index contributed by atoms with van der Waals surface area (Å²) in [5, 5.41) is 6.37. The molecule has 132 valence electrons. The number of piperazine rings is 1. The number of aromatic nitrogens is 1. The SMILES string of the molecule is C[C@@H]1CN(CCCCn2c3ccccc3c3ccccc32)C[C@H](C)N1. The fourth-order valence-corrected chi connectivity index (χ4v) is 4.47. The summed E-state index contributed by atoms with van der Waals surface area (Å²) < 4.78 is 2.51. The summed E-state index contributed by atoms with van der Waals surface area (Å²) in [6, 6.07) is 18.8. The van der Waals surface area contributed by atoms with E-state index in [1.54, 1.807) is 0 Å². The second-order valence-electron chi connectivity index (χ2n) is 7.62. The van der Waals surface area contributed by atoms with Crippen molar-refractivity contribution in [3.63, 3.8) is 0 Å². The van der Waals surface area contributed by atoms with Crippen LogP contribution >= 0.6 is 0 Å². The van der Waals surface area contributed by atoms with Gasteiger partial charge in [-0.3, -0.25) is 0 Å². The van der Waals surface area contributed by atoms with Crippen molar-refractivity contribution < 1.29 is 0 Å². The van der Waals surface area contributed by atoms with Crippen LogP contribution < -0.4 is 5.32 Å². The van der Waals surface area contributed by atoms with E-state index in [0.717, 1.165) is 6.54 Å². The smallest absolute Gasteiger partial charge is 0.0491 e. The zero-order chi connectivity index (χ0) is 17.2. The maximum absolute atomic E-state index is 3.62. The summed E-state index contributed by atoms with van der Waals surface area (Å²) in [5.74, 6) is 0. The van der Waals surface area contributed by atoms with Crippen LogP contribution in [-0.4, -0.2) is 41.2 Å². The van der Waals surface area contributed by atoms with Crippen molar-refractivity contribution in [1.82, 2.24) is 14.8 Å². The van der Waals surface area contributed by atoms with E-state index in [2.05, 4.69) is 77.2 Å². The molecule has 3 aromatic rings. The molecule has 25 heavy (non-hydrogen) atoms. The topological polar surface area (TPSA) is 20.2 Å². The first-order chi connectivity index (χ1) is 12.2. The molecule has 3 heteroatoms. The van der Waals surface area contributed by atoms with Crippen LogP contribution in [0.2, 0.25) is 0 Å². The molecule has 4 rings (SSSR count). The normalized spacial score (nSPS) is 22.0. The molecular formula is C22H29N3. The molecule has 2 aromatic carbocycles. The lowest BCUT2D eigenvalue weighted by atomic mass is 10.1. The summed E-state index contributed by atoms with van der Waals surface area (Å²) in [4.78, 5) is 2.62. The maximum Gasteiger partial charge on any atom is 0.0491 e. The first-order valence-electron chi connectivity index (χ1n) is 9.67. The molecule has 0 spiro atoms. The summed E-state index contributed by atoms with van der Waals surface area (Å²) in [6.07, 6.45) is 2.50. The standard InChI is InChI=1S/C22H29N3/c1-17-15-24(16-18(2)23-17)13-7-8-14-25-21-11-5-3-9-19(21)20-10-4-6-12-22(20)25/h3-6,9-12,17-18,23H,7-8,13-16H2,1-2H3/t17-,18+. The lowest BCUT2D eigenvalue weighted by Crippen LogP contribution is -2.54. The molecule has 0 bridgehead atoms. The molecule has 1 N–H and O–H groups in total. The minimum atomic E-state index is 0.612. The van der Waals surface area contributed by atoms with Gasteiger partial charge in [0.15, 0.2) is 0 Å². The van der Waals surface area contributed by atoms with E-state index >= 15 is 0 Å². The third-order valence-corrected chi connectivity index (χ3v) is 5.42. The fourth-order valence-electron chi connectivity index (χ4n) is 4.47. The van der Waals surface area contributed by atoms with Crippen LogP contribution in [0.25, 0.3) is 21.8 Å². The Kier molecular flexibility index (Phi) is 4.78. The van der Waals surface area contributed by atoms with Gasteiger partial charge in [0.05, 0.1) is 0 Å². The van der Waals surface area contributed by atoms with Crippen molar-refractivity contribution in [1.29, 1.82) is 0 Å². The Hall–Kier alpha value is -1.84. The highest BCUT2D eigenvalue weighted by molar-refractivity contribution is 6.07. The quantitative estimate of drug-likeness (QED) is 0.703. The Morgan fingerprint density at radius 2 is 1.32 bits per heavy atom. The van der Waals surface area contributed by atoms with Gasteiger partial charge in [-0.15, -0.1) is 0 Å². The van der Waals surface area contributed by atoms with Crippen LogP contribution in [0, 0.1) is 0 Å². The van der Waals surface area contributed by atoms with Crippen LogP contribution in [0.3, 0.4) is 0 Å². The fraction of sp³-hybridized carbons (Fsp3) is 0.455. The molecule has 0 aliphatic carbocycles. The zero-order valence-corrected chi connectivity index (χ0v) is 15.4. The van der Waals surface area contributed by atoms with Gasteiger partial charge in [-0.2, -0.15) is 0 Å². The first-order valence-corrected chi connectivity index (χ1v) is 9.67. The number of nitrogens with one attached hydrogen (secondary N) is 1. The molecule has 1 fully saturated rings. The molecule has 1 aromatic heterocycles. The van der Waals surface area contributed by atoms with Gasteiger partial charge >= 0.3 is 0 Å². The van der Waals surface area contributed by atoms with E-state index in [1.807, 2.05) is 0 Å². The molecule has 0 amide bonds. The van der Waals surface area contributed by atoms with Crippen molar-refractivity contribution >= 4 is 21.8 Å². The summed E-state index contributed by atoms with van der Waals surface area (Å²) in [5.41, 5.74) is 2.74. The van der Waals surface area contributed by atoms with Crippen LogP contribution in [0.1, 0.15) is 26.7 Å². The average Bonchev–Trinajstić information content (AvgIpc) is 2.92. The van der Waals surface area contributed by atoms with Gasteiger partial charge in [0.1, 0.15) is 0 Å².